The summed E-state index contributed by atoms with van der Waals surface area (Å²) in [6.07, 6.45) is 19.0. The third-order valence-corrected chi connectivity index (χ3v) is 7.22. The molecule has 0 aromatic heterocycles. The molecular formula is C24H42O3. The minimum Gasteiger partial charge on any atom is -0.462 e. The smallest absolute Gasteiger partial charge is 0.330 e. The first kappa shape index (κ1) is 22.5. The molecule has 0 radical (unpaired) electrons. The van der Waals surface area contributed by atoms with Gasteiger partial charge >= 0.3 is 5.97 Å². The average Bonchev–Trinajstić information content (AvgIpc) is 2.72. The number of aliphatic hydroxyl groups is 1. The summed E-state index contributed by atoms with van der Waals surface area (Å²) >= 11 is 0. The molecule has 0 bridgehead atoms. The highest BCUT2D eigenvalue weighted by molar-refractivity contribution is 5.81. The summed E-state index contributed by atoms with van der Waals surface area (Å²) in [4.78, 5) is 11.2. The Kier molecular flexibility index (Phi) is 10.5. The first-order chi connectivity index (χ1) is 13.2. The van der Waals surface area contributed by atoms with Crippen LogP contribution in [0.25, 0.3) is 0 Å². The lowest BCUT2D eigenvalue weighted by atomic mass is 9.68. The van der Waals surface area contributed by atoms with Gasteiger partial charge in [-0.3, -0.25) is 0 Å². The van der Waals surface area contributed by atoms with Crippen molar-refractivity contribution < 1.29 is 14.6 Å². The fraction of sp³-hybridized carbons (Fsp3) is 0.875. The normalized spacial score (nSPS) is 29.9. The molecule has 0 aromatic rings. The Labute approximate surface area is 167 Å². The zero-order valence-corrected chi connectivity index (χ0v) is 17.5. The summed E-state index contributed by atoms with van der Waals surface area (Å²) in [5, 5.41) is 9.58. The second-order valence-corrected chi connectivity index (χ2v) is 9.18. The fourth-order valence-electron chi connectivity index (χ4n) is 5.45. The molecule has 2 fully saturated rings. The van der Waals surface area contributed by atoms with E-state index < -0.39 is 0 Å². The highest BCUT2D eigenvalue weighted by Crippen LogP contribution is 2.43. The standard InChI is InChI=1S/C24H42O3/c1-3-5-6-7-19-8-12-22(13-9-19)23-14-10-20(11-15-23)16-21(17-25)18-27-24(26)4-2/h4,19-23,25H,2-3,5-18H2,1H3. The molecule has 27 heavy (non-hydrogen) atoms. The number of rotatable bonds is 11. The Bertz CT molecular complexity index is 417. The van der Waals surface area contributed by atoms with Crippen molar-refractivity contribution in [1.82, 2.24) is 0 Å². The van der Waals surface area contributed by atoms with E-state index >= 15 is 0 Å². The maximum absolute atomic E-state index is 11.2. The molecule has 3 heteroatoms. The number of esters is 1. The highest BCUT2D eigenvalue weighted by Gasteiger charge is 2.31. The van der Waals surface area contributed by atoms with Crippen molar-refractivity contribution >= 4 is 5.97 Å². The molecule has 1 unspecified atom stereocenters. The Morgan fingerprint density at radius 2 is 1.63 bits per heavy atom. The van der Waals surface area contributed by atoms with Gasteiger partial charge in [-0.1, -0.05) is 64.9 Å². The maximum Gasteiger partial charge on any atom is 0.330 e. The van der Waals surface area contributed by atoms with Crippen LogP contribution in [0.2, 0.25) is 0 Å². The SMILES string of the molecule is C=CC(=O)OCC(CO)CC1CCC(C2CCC(CCCCC)CC2)CC1. The molecule has 2 aliphatic carbocycles. The minimum atomic E-state index is -0.387. The van der Waals surface area contributed by atoms with E-state index in [2.05, 4.69) is 13.5 Å². The predicted molar refractivity (Wildman–Crippen MR) is 111 cm³/mol. The van der Waals surface area contributed by atoms with Crippen LogP contribution in [0.4, 0.5) is 0 Å². The molecule has 3 nitrogen and oxygen atoms in total. The van der Waals surface area contributed by atoms with Crippen LogP contribution in [0.5, 0.6) is 0 Å². The van der Waals surface area contributed by atoms with Gasteiger partial charge in [0, 0.05) is 18.6 Å². The van der Waals surface area contributed by atoms with E-state index in [1.807, 2.05) is 0 Å². The van der Waals surface area contributed by atoms with Gasteiger partial charge < -0.3 is 9.84 Å². The van der Waals surface area contributed by atoms with Crippen molar-refractivity contribution in [3.63, 3.8) is 0 Å². The number of carbonyl (C=O) groups is 1. The van der Waals surface area contributed by atoms with Crippen LogP contribution in [0, 0.1) is 29.6 Å². The number of hydrogen-bond acceptors (Lipinski definition) is 3. The van der Waals surface area contributed by atoms with E-state index in [0.29, 0.717) is 12.5 Å². The van der Waals surface area contributed by atoms with Crippen LogP contribution in [0.3, 0.4) is 0 Å². The van der Waals surface area contributed by atoms with Gasteiger partial charge in [0.1, 0.15) is 0 Å². The Hall–Kier alpha value is -0.830. The average molecular weight is 379 g/mol. The highest BCUT2D eigenvalue weighted by atomic mass is 16.5. The number of aliphatic hydroxyl groups excluding tert-OH is 1. The van der Waals surface area contributed by atoms with Crippen molar-refractivity contribution in [2.75, 3.05) is 13.2 Å². The lowest BCUT2D eigenvalue weighted by Crippen LogP contribution is -2.27. The van der Waals surface area contributed by atoms with Crippen LogP contribution < -0.4 is 0 Å². The zero-order chi connectivity index (χ0) is 19.5. The zero-order valence-electron chi connectivity index (χ0n) is 17.5. The molecule has 0 spiro atoms. The summed E-state index contributed by atoms with van der Waals surface area (Å²) in [6, 6.07) is 0. The maximum atomic E-state index is 11.2. The topological polar surface area (TPSA) is 46.5 Å². The van der Waals surface area contributed by atoms with Gasteiger partial charge in [-0.15, -0.1) is 0 Å². The summed E-state index contributed by atoms with van der Waals surface area (Å²) < 4.78 is 5.13. The molecule has 0 aromatic carbocycles. The van der Waals surface area contributed by atoms with E-state index in [4.69, 9.17) is 4.74 Å². The van der Waals surface area contributed by atoms with Crippen LogP contribution in [-0.4, -0.2) is 24.3 Å². The van der Waals surface area contributed by atoms with Gasteiger partial charge in [-0.25, -0.2) is 4.79 Å². The predicted octanol–water partition coefficient (Wildman–Crippen LogP) is 5.91. The van der Waals surface area contributed by atoms with Crippen LogP contribution in [0.1, 0.15) is 90.4 Å². The van der Waals surface area contributed by atoms with Gasteiger partial charge in [-0.2, -0.15) is 0 Å². The van der Waals surface area contributed by atoms with Gasteiger partial charge in [0.15, 0.2) is 0 Å². The lowest BCUT2D eigenvalue weighted by molar-refractivity contribution is -0.139. The van der Waals surface area contributed by atoms with Gasteiger partial charge in [0.2, 0.25) is 0 Å². The summed E-state index contributed by atoms with van der Waals surface area (Å²) in [5.41, 5.74) is 0. The number of ether oxygens (including phenoxy) is 1. The molecule has 0 saturated heterocycles. The first-order valence-electron chi connectivity index (χ1n) is 11.6. The van der Waals surface area contributed by atoms with Crippen molar-refractivity contribution in [2.24, 2.45) is 29.6 Å². The first-order valence-corrected chi connectivity index (χ1v) is 11.6. The molecule has 0 amide bonds. The fourth-order valence-corrected chi connectivity index (χ4v) is 5.45. The minimum absolute atomic E-state index is 0.0778. The molecule has 0 heterocycles. The third kappa shape index (κ3) is 7.97. The van der Waals surface area contributed by atoms with E-state index in [1.165, 1.54) is 83.1 Å². The Morgan fingerprint density at radius 1 is 1.04 bits per heavy atom. The molecule has 156 valence electrons. The molecular weight excluding hydrogens is 336 g/mol. The molecule has 2 rings (SSSR count). The van der Waals surface area contributed by atoms with Gasteiger partial charge in [0.05, 0.1) is 6.61 Å². The molecule has 1 atom stereocenters. The monoisotopic (exact) mass is 378 g/mol. The number of unbranched alkanes of at least 4 members (excludes halogenated alkanes) is 2. The van der Waals surface area contributed by atoms with Crippen LogP contribution in [0.15, 0.2) is 12.7 Å². The molecule has 2 aliphatic rings. The molecule has 2 saturated carbocycles. The lowest BCUT2D eigenvalue weighted by Gasteiger charge is -2.38. The Morgan fingerprint density at radius 3 is 2.15 bits per heavy atom. The van der Waals surface area contributed by atoms with Crippen molar-refractivity contribution in [3.05, 3.63) is 12.7 Å². The van der Waals surface area contributed by atoms with Gasteiger partial charge in [-0.05, 0) is 55.8 Å². The molecule has 1 N–H and O–H groups in total. The van der Waals surface area contributed by atoms with E-state index in [0.717, 1.165) is 24.2 Å². The van der Waals surface area contributed by atoms with Crippen molar-refractivity contribution in [1.29, 1.82) is 0 Å². The number of carbonyl (C=O) groups excluding carboxylic acids is 1. The van der Waals surface area contributed by atoms with E-state index in [9.17, 15) is 9.90 Å². The summed E-state index contributed by atoms with van der Waals surface area (Å²) in [5.74, 6) is 3.29. The number of hydrogen-bond donors (Lipinski definition) is 1. The van der Waals surface area contributed by atoms with Crippen molar-refractivity contribution in [2.45, 2.75) is 90.4 Å². The van der Waals surface area contributed by atoms with E-state index in [1.54, 1.807) is 0 Å². The van der Waals surface area contributed by atoms with E-state index in [-0.39, 0.29) is 18.5 Å². The summed E-state index contributed by atoms with van der Waals surface area (Å²) in [6.45, 7) is 6.14. The second-order valence-electron chi connectivity index (χ2n) is 9.18. The summed E-state index contributed by atoms with van der Waals surface area (Å²) in [7, 11) is 0. The third-order valence-electron chi connectivity index (χ3n) is 7.22. The van der Waals surface area contributed by atoms with Crippen LogP contribution >= 0.6 is 0 Å². The van der Waals surface area contributed by atoms with Crippen LogP contribution in [-0.2, 0) is 9.53 Å². The quantitative estimate of drug-likeness (QED) is 0.276. The Balaban J connectivity index is 1.63. The largest absolute Gasteiger partial charge is 0.462 e. The molecule has 0 aliphatic heterocycles. The second kappa shape index (κ2) is 12.6. The van der Waals surface area contributed by atoms with Gasteiger partial charge in [0.25, 0.3) is 0 Å². The van der Waals surface area contributed by atoms with Crippen molar-refractivity contribution in [3.8, 4) is 0 Å².